The van der Waals surface area contributed by atoms with Crippen LogP contribution in [0.4, 0.5) is 0 Å². The molecule has 5 heteroatoms. The van der Waals surface area contributed by atoms with Gasteiger partial charge in [-0.1, -0.05) is 72.3 Å². The van der Waals surface area contributed by atoms with Gasteiger partial charge in [0.1, 0.15) is 5.75 Å². The number of ether oxygens (including phenoxy) is 1. The zero-order valence-corrected chi connectivity index (χ0v) is 19.6. The number of fused-ring (bicyclic) bond motifs is 2. The average Bonchev–Trinajstić information content (AvgIpc) is 2.92. The largest absolute Gasteiger partial charge is 0.423 e. The second-order valence-corrected chi connectivity index (χ2v) is 8.60. The van der Waals surface area contributed by atoms with Gasteiger partial charge in [-0.05, 0) is 43.3 Å². The molecule has 0 saturated heterocycles. The molecule has 0 saturated carbocycles. The van der Waals surface area contributed by atoms with Gasteiger partial charge in [0.15, 0.2) is 0 Å². The van der Waals surface area contributed by atoms with Crippen molar-refractivity contribution in [2.45, 2.75) is 6.92 Å². The highest BCUT2D eigenvalue weighted by Gasteiger charge is 2.16. The number of aryl methyl sites for hydroxylation is 1. The van der Waals surface area contributed by atoms with E-state index in [1.165, 1.54) is 0 Å². The van der Waals surface area contributed by atoms with E-state index < -0.39 is 5.97 Å². The number of esters is 1. The van der Waals surface area contributed by atoms with Crippen LogP contribution < -0.4 is 4.74 Å². The number of benzene rings is 4. The van der Waals surface area contributed by atoms with E-state index in [0.717, 1.165) is 44.3 Å². The lowest BCUT2D eigenvalue weighted by molar-refractivity contribution is 0.0737. The zero-order valence-electron chi connectivity index (χ0n) is 19.6. The maximum absolute atomic E-state index is 13.4. The number of hydrogen-bond donors (Lipinski definition) is 0. The minimum Gasteiger partial charge on any atom is -0.423 e. The Morgan fingerprint density at radius 3 is 2.22 bits per heavy atom. The third kappa shape index (κ3) is 4.18. The fraction of sp³-hybridized carbons (Fsp3) is 0.0323. The van der Waals surface area contributed by atoms with Gasteiger partial charge in [-0.3, -0.25) is 4.98 Å². The summed E-state index contributed by atoms with van der Waals surface area (Å²) in [6.45, 7) is 2.04. The maximum atomic E-state index is 13.4. The Morgan fingerprint density at radius 1 is 0.667 bits per heavy atom. The quantitative estimate of drug-likeness (QED) is 0.205. The highest BCUT2D eigenvalue weighted by atomic mass is 16.5. The number of rotatable bonds is 4. The number of nitrogens with zero attached hydrogens (tertiary/aromatic N) is 3. The van der Waals surface area contributed by atoms with E-state index in [1.54, 1.807) is 24.4 Å². The second-order valence-electron chi connectivity index (χ2n) is 8.60. The minimum absolute atomic E-state index is 0.435. The van der Waals surface area contributed by atoms with Crippen LogP contribution in [0.2, 0.25) is 0 Å². The van der Waals surface area contributed by atoms with Gasteiger partial charge in [-0.25, -0.2) is 14.8 Å². The van der Waals surface area contributed by atoms with Crippen molar-refractivity contribution in [3.05, 3.63) is 120 Å². The molecule has 0 N–H and O–H groups in total. The van der Waals surface area contributed by atoms with Gasteiger partial charge in [0.25, 0.3) is 0 Å². The molecule has 4 aromatic carbocycles. The first-order chi connectivity index (χ1) is 17.6. The number of carbonyl (C=O) groups excluding carboxylic acids is 1. The van der Waals surface area contributed by atoms with Crippen molar-refractivity contribution in [2.24, 2.45) is 0 Å². The lowest BCUT2D eigenvalue weighted by Gasteiger charge is -2.11. The molecule has 0 atom stereocenters. The minimum atomic E-state index is -0.441. The van der Waals surface area contributed by atoms with Gasteiger partial charge in [0.05, 0.1) is 39.7 Å². The molecular formula is C31H21N3O2. The van der Waals surface area contributed by atoms with Gasteiger partial charge in [0.2, 0.25) is 0 Å². The summed E-state index contributed by atoms with van der Waals surface area (Å²) in [5.41, 5.74) is 7.20. The van der Waals surface area contributed by atoms with E-state index in [9.17, 15) is 4.79 Å². The highest BCUT2D eigenvalue weighted by molar-refractivity contribution is 6.05. The van der Waals surface area contributed by atoms with Crippen LogP contribution in [0, 0.1) is 6.92 Å². The first kappa shape index (κ1) is 21.6. The predicted molar refractivity (Wildman–Crippen MR) is 142 cm³/mol. The average molecular weight is 468 g/mol. The standard InChI is InChI=1S/C31H21N3O2/c1-20-13-15-21(16-14-20)29-18-25(24-9-2-3-10-26(24)33-29)31(35)36-23-8-6-7-22(17-23)30-19-32-27-11-4-5-12-28(27)34-30/h2-19H,1H3. The van der Waals surface area contributed by atoms with E-state index in [-0.39, 0.29) is 0 Å². The van der Waals surface area contributed by atoms with Crippen LogP contribution in [0.15, 0.2) is 109 Å². The van der Waals surface area contributed by atoms with Gasteiger partial charge < -0.3 is 4.74 Å². The summed E-state index contributed by atoms with van der Waals surface area (Å²) >= 11 is 0. The Balaban J connectivity index is 1.36. The van der Waals surface area contributed by atoms with E-state index >= 15 is 0 Å². The van der Waals surface area contributed by atoms with Crippen LogP contribution in [0.1, 0.15) is 15.9 Å². The molecule has 0 amide bonds. The molecule has 0 unspecified atom stereocenters. The molecule has 172 valence electrons. The van der Waals surface area contributed by atoms with Crippen LogP contribution in [0.5, 0.6) is 5.75 Å². The zero-order chi connectivity index (χ0) is 24.5. The molecular weight excluding hydrogens is 446 g/mol. The molecule has 36 heavy (non-hydrogen) atoms. The van der Waals surface area contributed by atoms with E-state index in [2.05, 4.69) is 4.98 Å². The van der Waals surface area contributed by atoms with Crippen molar-refractivity contribution in [3.63, 3.8) is 0 Å². The first-order valence-corrected chi connectivity index (χ1v) is 11.7. The molecule has 0 radical (unpaired) electrons. The second kappa shape index (κ2) is 9.04. The maximum Gasteiger partial charge on any atom is 0.344 e. The third-order valence-electron chi connectivity index (χ3n) is 6.07. The van der Waals surface area contributed by atoms with Crippen LogP contribution >= 0.6 is 0 Å². The van der Waals surface area contributed by atoms with Crippen LogP contribution in [0.3, 0.4) is 0 Å². The van der Waals surface area contributed by atoms with E-state index in [1.807, 2.05) is 91.9 Å². The molecule has 0 aliphatic carbocycles. The van der Waals surface area contributed by atoms with Crippen molar-refractivity contribution < 1.29 is 9.53 Å². The van der Waals surface area contributed by atoms with E-state index in [0.29, 0.717) is 17.0 Å². The van der Waals surface area contributed by atoms with Gasteiger partial charge in [0, 0.05) is 16.5 Å². The monoisotopic (exact) mass is 467 g/mol. The van der Waals surface area contributed by atoms with Crippen molar-refractivity contribution >= 4 is 27.9 Å². The fourth-order valence-corrected chi connectivity index (χ4v) is 4.19. The van der Waals surface area contributed by atoms with Crippen molar-refractivity contribution in [1.82, 2.24) is 15.0 Å². The molecule has 0 spiro atoms. The number of pyridine rings is 1. The normalized spacial score (nSPS) is 11.0. The molecule has 5 nitrogen and oxygen atoms in total. The van der Waals surface area contributed by atoms with E-state index in [4.69, 9.17) is 14.7 Å². The fourth-order valence-electron chi connectivity index (χ4n) is 4.19. The van der Waals surface area contributed by atoms with Gasteiger partial charge in [-0.2, -0.15) is 0 Å². The Kier molecular flexibility index (Phi) is 5.43. The molecule has 2 heterocycles. The summed E-state index contributed by atoms with van der Waals surface area (Å²) in [4.78, 5) is 27.4. The summed E-state index contributed by atoms with van der Waals surface area (Å²) in [6.07, 6.45) is 1.73. The predicted octanol–water partition coefficient (Wildman–Crippen LogP) is 7.04. The van der Waals surface area contributed by atoms with Gasteiger partial charge >= 0.3 is 5.97 Å². The summed E-state index contributed by atoms with van der Waals surface area (Å²) in [6, 6.07) is 32.5. The highest BCUT2D eigenvalue weighted by Crippen LogP contribution is 2.28. The lowest BCUT2D eigenvalue weighted by Crippen LogP contribution is -2.10. The van der Waals surface area contributed by atoms with Crippen molar-refractivity contribution in [2.75, 3.05) is 0 Å². The summed E-state index contributed by atoms with van der Waals surface area (Å²) in [5.74, 6) is -0.00561. The smallest absolute Gasteiger partial charge is 0.344 e. The third-order valence-corrected chi connectivity index (χ3v) is 6.07. The molecule has 6 aromatic rings. The van der Waals surface area contributed by atoms with Gasteiger partial charge in [-0.15, -0.1) is 0 Å². The molecule has 0 bridgehead atoms. The molecule has 0 aliphatic rings. The Labute approximate surface area is 208 Å². The molecule has 6 rings (SSSR count). The summed E-state index contributed by atoms with van der Waals surface area (Å²) in [5, 5.41) is 0.745. The van der Waals surface area contributed by atoms with Crippen molar-refractivity contribution in [1.29, 1.82) is 0 Å². The number of aromatic nitrogens is 3. The Hall–Kier alpha value is -4.90. The Morgan fingerprint density at radius 2 is 1.39 bits per heavy atom. The topological polar surface area (TPSA) is 65.0 Å². The van der Waals surface area contributed by atoms with Crippen LogP contribution in [0.25, 0.3) is 44.5 Å². The number of carbonyl (C=O) groups is 1. The summed E-state index contributed by atoms with van der Waals surface area (Å²) < 4.78 is 5.85. The first-order valence-electron chi connectivity index (χ1n) is 11.7. The SMILES string of the molecule is Cc1ccc(-c2cc(C(=O)Oc3cccc(-c4cnc5ccccc5n4)c3)c3ccccc3n2)cc1. The Bertz CT molecular complexity index is 1740. The van der Waals surface area contributed by atoms with Crippen molar-refractivity contribution in [3.8, 4) is 28.3 Å². The van der Waals surface area contributed by atoms with Crippen LogP contribution in [-0.2, 0) is 0 Å². The number of para-hydroxylation sites is 3. The number of hydrogen-bond acceptors (Lipinski definition) is 5. The summed E-state index contributed by atoms with van der Waals surface area (Å²) in [7, 11) is 0. The van der Waals surface area contributed by atoms with Crippen LogP contribution in [-0.4, -0.2) is 20.9 Å². The lowest BCUT2D eigenvalue weighted by atomic mass is 10.0. The molecule has 2 aromatic heterocycles. The molecule has 0 aliphatic heterocycles. The molecule has 0 fully saturated rings.